The Hall–Kier alpha value is -1.82. The number of nitriles is 1. The molecule has 0 heterocycles. The molecule has 1 aromatic rings. The van der Waals surface area contributed by atoms with E-state index in [9.17, 15) is 4.79 Å². The van der Waals surface area contributed by atoms with Gasteiger partial charge < -0.3 is 5.11 Å². The summed E-state index contributed by atoms with van der Waals surface area (Å²) in [7, 11) is 0. The number of carbonyl (C=O) groups is 1. The highest BCUT2D eigenvalue weighted by atomic mass is 16.4. The Morgan fingerprint density at radius 3 is 2.57 bits per heavy atom. The summed E-state index contributed by atoms with van der Waals surface area (Å²) >= 11 is 0. The molecule has 0 bridgehead atoms. The molecular formula is C11H11NO2. The summed E-state index contributed by atoms with van der Waals surface area (Å²) in [6.07, 6.45) is 0.950. The lowest BCUT2D eigenvalue weighted by atomic mass is 10.0. The molecule has 1 N–H and O–H groups in total. The largest absolute Gasteiger partial charge is 0.481 e. The second-order valence-electron chi connectivity index (χ2n) is 3.00. The SMILES string of the molecule is N#CCc1ccccc1CCC(=O)O. The molecule has 3 nitrogen and oxygen atoms in total. The second kappa shape index (κ2) is 5.03. The fourth-order valence-electron chi connectivity index (χ4n) is 1.30. The van der Waals surface area contributed by atoms with Gasteiger partial charge >= 0.3 is 5.97 Å². The third-order valence-corrected chi connectivity index (χ3v) is 2.00. The molecule has 0 aliphatic rings. The molecule has 3 heteroatoms. The van der Waals surface area contributed by atoms with Crippen molar-refractivity contribution in [2.45, 2.75) is 19.3 Å². The minimum absolute atomic E-state index is 0.114. The molecule has 0 fully saturated rings. The van der Waals surface area contributed by atoms with Crippen LogP contribution in [-0.2, 0) is 17.6 Å². The van der Waals surface area contributed by atoms with Gasteiger partial charge in [0.25, 0.3) is 0 Å². The van der Waals surface area contributed by atoms with Crippen LogP contribution in [0, 0.1) is 11.3 Å². The molecule has 72 valence electrons. The minimum Gasteiger partial charge on any atom is -0.481 e. The van der Waals surface area contributed by atoms with Crippen molar-refractivity contribution in [3.05, 3.63) is 35.4 Å². The lowest BCUT2D eigenvalue weighted by Crippen LogP contribution is -2.00. The van der Waals surface area contributed by atoms with Gasteiger partial charge in [0.05, 0.1) is 12.5 Å². The normalized spacial score (nSPS) is 9.36. The maximum atomic E-state index is 10.4. The average molecular weight is 189 g/mol. The van der Waals surface area contributed by atoms with Crippen LogP contribution >= 0.6 is 0 Å². The number of rotatable bonds is 4. The van der Waals surface area contributed by atoms with E-state index in [4.69, 9.17) is 10.4 Å². The van der Waals surface area contributed by atoms with Crippen LogP contribution in [0.25, 0.3) is 0 Å². The van der Waals surface area contributed by atoms with E-state index in [0.29, 0.717) is 12.8 Å². The van der Waals surface area contributed by atoms with E-state index >= 15 is 0 Å². The van der Waals surface area contributed by atoms with Crippen molar-refractivity contribution in [1.82, 2.24) is 0 Å². The van der Waals surface area contributed by atoms with Gasteiger partial charge in [0.1, 0.15) is 0 Å². The van der Waals surface area contributed by atoms with Crippen LogP contribution in [0.15, 0.2) is 24.3 Å². The number of benzene rings is 1. The van der Waals surface area contributed by atoms with E-state index in [0.717, 1.165) is 11.1 Å². The topological polar surface area (TPSA) is 61.1 Å². The third-order valence-electron chi connectivity index (χ3n) is 2.00. The quantitative estimate of drug-likeness (QED) is 0.785. The molecule has 0 saturated carbocycles. The number of nitrogens with zero attached hydrogens (tertiary/aromatic N) is 1. The summed E-state index contributed by atoms with van der Waals surface area (Å²) in [6, 6.07) is 9.51. The first-order valence-corrected chi connectivity index (χ1v) is 4.39. The van der Waals surface area contributed by atoms with Gasteiger partial charge in [-0.2, -0.15) is 5.26 Å². The Morgan fingerprint density at radius 2 is 2.00 bits per heavy atom. The van der Waals surface area contributed by atoms with Crippen molar-refractivity contribution in [3.8, 4) is 6.07 Å². The number of aliphatic carboxylic acids is 1. The van der Waals surface area contributed by atoms with Gasteiger partial charge in [-0.15, -0.1) is 0 Å². The Kier molecular flexibility index (Phi) is 3.69. The fourth-order valence-corrected chi connectivity index (χ4v) is 1.30. The van der Waals surface area contributed by atoms with Crippen LogP contribution in [0.1, 0.15) is 17.5 Å². The summed E-state index contributed by atoms with van der Waals surface area (Å²) in [4.78, 5) is 10.4. The first-order valence-electron chi connectivity index (χ1n) is 4.39. The highest BCUT2D eigenvalue weighted by molar-refractivity contribution is 5.67. The van der Waals surface area contributed by atoms with Crippen LogP contribution in [-0.4, -0.2) is 11.1 Å². The second-order valence-corrected chi connectivity index (χ2v) is 3.00. The zero-order valence-electron chi connectivity index (χ0n) is 7.73. The Bertz CT molecular complexity index is 366. The molecule has 0 amide bonds. The van der Waals surface area contributed by atoms with E-state index in [1.54, 1.807) is 0 Å². The van der Waals surface area contributed by atoms with Gasteiger partial charge in [-0.25, -0.2) is 0 Å². The Morgan fingerprint density at radius 1 is 1.36 bits per heavy atom. The minimum atomic E-state index is -0.809. The van der Waals surface area contributed by atoms with Gasteiger partial charge in [-0.05, 0) is 17.5 Å². The number of aryl methyl sites for hydroxylation is 1. The molecule has 0 radical (unpaired) electrons. The van der Waals surface area contributed by atoms with E-state index in [-0.39, 0.29) is 6.42 Å². The van der Waals surface area contributed by atoms with Crippen molar-refractivity contribution in [2.24, 2.45) is 0 Å². The molecule has 1 aromatic carbocycles. The van der Waals surface area contributed by atoms with Crippen molar-refractivity contribution in [3.63, 3.8) is 0 Å². The smallest absolute Gasteiger partial charge is 0.303 e. The maximum absolute atomic E-state index is 10.4. The fraction of sp³-hybridized carbons (Fsp3) is 0.273. The highest BCUT2D eigenvalue weighted by Gasteiger charge is 2.03. The number of hydrogen-bond acceptors (Lipinski definition) is 2. The van der Waals surface area contributed by atoms with Gasteiger partial charge in [0.15, 0.2) is 0 Å². The van der Waals surface area contributed by atoms with E-state index in [2.05, 4.69) is 6.07 Å². The molecule has 0 aliphatic carbocycles. The summed E-state index contributed by atoms with van der Waals surface area (Å²) in [5, 5.41) is 17.1. The number of hydrogen-bond donors (Lipinski definition) is 1. The lowest BCUT2D eigenvalue weighted by Gasteiger charge is -2.03. The first-order chi connectivity index (χ1) is 6.74. The monoisotopic (exact) mass is 189 g/mol. The van der Waals surface area contributed by atoms with Crippen molar-refractivity contribution in [2.75, 3.05) is 0 Å². The van der Waals surface area contributed by atoms with E-state index in [1.807, 2.05) is 24.3 Å². The Labute approximate surface area is 82.6 Å². The van der Waals surface area contributed by atoms with Crippen LogP contribution in [0.5, 0.6) is 0 Å². The lowest BCUT2D eigenvalue weighted by molar-refractivity contribution is -0.136. The van der Waals surface area contributed by atoms with Crippen LogP contribution < -0.4 is 0 Å². The van der Waals surface area contributed by atoms with Gasteiger partial charge in [-0.1, -0.05) is 24.3 Å². The molecule has 0 aromatic heterocycles. The van der Waals surface area contributed by atoms with Gasteiger partial charge in [0, 0.05) is 6.42 Å². The van der Waals surface area contributed by atoms with E-state index in [1.165, 1.54) is 0 Å². The molecule has 0 saturated heterocycles. The molecule has 0 spiro atoms. The maximum Gasteiger partial charge on any atom is 0.303 e. The molecule has 14 heavy (non-hydrogen) atoms. The molecule has 0 unspecified atom stereocenters. The predicted octanol–water partition coefficient (Wildman–Crippen LogP) is 1.77. The van der Waals surface area contributed by atoms with E-state index < -0.39 is 5.97 Å². The average Bonchev–Trinajstić information content (AvgIpc) is 2.17. The van der Waals surface area contributed by atoms with Gasteiger partial charge in [-0.3, -0.25) is 4.79 Å². The summed E-state index contributed by atoms with van der Waals surface area (Å²) in [5.74, 6) is -0.809. The van der Waals surface area contributed by atoms with Crippen molar-refractivity contribution in [1.29, 1.82) is 5.26 Å². The molecule has 1 rings (SSSR count). The molecular weight excluding hydrogens is 178 g/mol. The molecule has 0 aliphatic heterocycles. The van der Waals surface area contributed by atoms with Crippen LogP contribution in [0.2, 0.25) is 0 Å². The van der Waals surface area contributed by atoms with Crippen molar-refractivity contribution < 1.29 is 9.90 Å². The summed E-state index contributed by atoms with van der Waals surface area (Å²) in [6.45, 7) is 0. The number of carboxylic acid groups (broad SMARTS) is 1. The summed E-state index contributed by atoms with van der Waals surface area (Å²) < 4.78 is 0. The third kappa shape index (κ3) is 2.91. The predicted molar refractivity (Wildman–Crippen MR) is 51.7 cm³/mol. The Balaban J connectivity index is 2.74. The standard InChI is InChI=1S/C11H11NO2/c12-8-7-10-4-2-1-3-9(10)5-6-11(13)14/h1-4H,5-7H2,(H,13,14). The zero-order chi connectivity index (χ0) is 10.4. The summed E-state index contributed by atoms with van der Waals surface area (Å²) in [5.41, 5.74) is 1.88. The zero-order valence-corrected chi connectivity index (χ0v) is 7.73. The first kappa shape index (κ1) is 10.3. The van der Waals surface area contributed by atoms with Crippen LogP contribution in [0.3, 0.4) is 0 Å². The number of carboxylic acids is 1. The van der Waals surface area contributed by atoms with Gasteiger partial charge in [0.2, 0.25) is 0 Å². The highest BCUT2D eigenvalue weighted by Crippen LogP contribution is 2.11. The van der Waals surface area contributed by atoms with Crippen molar-refractivity contribution >= 4 is 5.97 Å². The molecule has 0 atom stereocenters. The van der Waals surface area contributed by atoms with Crippen LogP contribution in [0.4, 0.5) is 0 Å².